The topological polar surface area (TPSA) is 109 Å². The quantitative estimate of drug-likeness (QED) is 0.498. The van der Waals surface area contributed by atoms with Crippen LogP contribution >= 0.6 is 0 Å². The SMILES string of the molecule is C=CC(=O)N[C@@H]1COCC[C@H](c2[nH]c3nnc(-c4ccccc4O)cc3c2C2CCOCC2)C1. The van der Waals surface area contributed by atoms with E-state index in [0.717, 1.165) is 55.6 Å². The summed E-state index contributed by atoms with van der Waals surface area (Å²) in [4.78, 5) is 15.5. The Balaban J connectivity index is 1.58. The zero-order valence-electron chi connectivity index (χ0n) is 19.1. The van der Waals surface area contributed by atoms with Crippen molar-refractivity contribution in [1.29, 1.82) is 0 Å². The molecule has 2 saturated heterocycles. The molecule has 0 radical (unpaired) electrons. The molecule has 1 amide bonds. The van der Waals surface area contributed by atoms with Crippen LogP contribution in [0, 0.1) is 0 Å². The lowest BCUT2D eigenvalue weighted by Crippen LogP contribution is -2.37. The highest BCUT2D eigenvalue weighted by atomic mass is 16.5. The molecule has 2 fully saturated rings. The Kier molecular flexibility index (Phi) is 6.60. The molecule has 0 aliphatic carbocycles. The van der Waals surface area contributed by atoms with Crippen LogP contribution in [-0.2, 0) is 14.3 Å². The smallest absolute Gasteiger partial charge is 0.243 e. The molecule has 1 aromatic carbocycles. The van der Waals surface area contributed by atoms with Crippen molar-refractivity contribution >= 4 is 16.9 Å². The monoisotopic (exact) mass is 462 g/mol. The van der Waals surface area contributed by atoms with Crippen molar-refractivity contribution in [3.05, 3.63) is 54.2 Å². The van der Waals surface area contributed by atoms with Gasteiger partial charge < -0.3 is 24.9 Å². The van der Waals surface area contributed by atoms with Crippen LogP contribution in [0.15, 0.2) is 43.0 Å². The Hall–Kier alpha value is -3.23. The number of nitrogens with zero attached hydrogens (tertiary/aromatic N) is 2. The van der Waals surface area contributed by atoms with Crippen molar-refractivity contribution in [2.24, 2.45) is 0 Å². The van der Waals surface area contributed by atoms with Crippen LogP contribution in [0.4, 0.5) is 0 Å². The molecule has 2 aliphatic heterocycles. The minimum atomic E-state index is -0.186. The molecule has 0 bridgehead atoms. The zero-order valence-corrected chi connectivity index (χ0v) is 19.1. The van der Waals surface area contributed by atoms with Gasteiger partial charge in [-0.25, -0.2) is 0 Å². The van der Waals surface area contributed by atoms with E-state index in [0.29, 0.717) is 30.4 Å². The summed E-state index contributed by atoms with van der Waals surface area (Å²) < 4.78 is 11.5. The van der Waals surface area contributed by atoms with E-state index in [1.165, 1.54) is 11.6 Å². The number of phenols is 1. The van der Waals surface area contributed by atoms with E-state index in [9.17, 15) is 9.90 Å². The predicted octanol–water partition coefficient (Wildman–Crippen LogP) is 3.79. The minimum absolute atomic E-state index is 0.0881. The van der Waals surface area contributed by atoms with Gasteiger partial charge in [0.05, 0.1) is 18.3 Å². The highest BCUT2D eigenvalue weighted by Crippen LogP contribution is 2.41. The number of aromatic amines is 1. The normalized spacial score (nSPS) is 21.8. The van der Waals surface area contributed by atoms with Gasteiger partial charge in [0.1, 0.15) is 5.75 Å². The van der Waals surface area contributed by atoms with Crippen LogP contribution in [0.1, 0.15) is 48.8 Å². The second-order valence-electron chi connectivity index (χ2n) is 9.05. The van der Waals surface area contributed by atoms with Gasteiger partial charge in [0.2, 0.25) is 5.91 Å². The molecule has 2 aliphatic rings. The molecular formula is C26H30N4O4. The molecule has 3 N–H and O–H groups in total. The van der Waals surface area contributed by atoms with E-state index in [1.807, 2.05) is 18.2 Å². The molecule has 2 atom stereocenters. The van der Waals surface area contributed by atoms with Crippen molar-refractivity contribution < 1.29 is 19.4 Å². The summed E-state index contributed by atoms with van der Waals surface area (Å²) in [6.07, 6.45) is 4.79. The summed E-state index contributed by atoms with van der Waals surface area (Å²) in [5.74, 6) is 0.512. The van der Waals surface area contributed by atoms with E-state index in [4.69, 9.17) is 9.47 Å². The van der Waals surface area contributed by atoms with Gasteiger partial charge in [-0.3, -0.25) is 4.79 Å². The van der Waals surface area contributed by atoms with Crippen LogP contribution in [0.2, 0.25) is 0 Å². The predicted molar refractivity (Wildman–Crippen MR) is 129 cm³/mol. The third-order valence-corrected chi connectivity index (χ3v) is 6.88. The van der Waals surface area contributed by atoms with E-state index in [1.54, 1.807) is 12.1 Å². The summed E-state index contributed by atoms with van der Waals surface area (Å²) in [7, 11) is 0. The first-order valence-electron chi connectivity index (χ1n) is 11.9. The number of phenolic OH excluding ortho intramolecular Hbond substituents is 1. The molecule has 34 heavy (non-hydrogen) atoms. The highest BCUT2D eigenvalue weighted by molar-refractivity contribution is 5.87. The van der Waals surface area contributed by atoms with E-state index < -0.39 is 0 Å². The number of rotatable bonds is 5. The van der Waals surface area contributed by atoms with Gasteiger partial charge >= 0.3 is 0 Å². The molecular weight excluding hydrogens is 432 g/mol. The maximum absolute atomic E-state index is 11.9. The van der Waals surface area contributed by atoms with E-state index >= 15 is 0 Å². The molecule has 0 spiro atoms. The second-order valence-corrected chi connectivity index (χ2v) is 9.05. The lowest BCUT2D eigenvalue weighted by atomic mass is 9.83. The Labute approximate surface area is 198 Å². The van der Waals surface area contributed by atoms with Crippen LogP contribution in [0.5, 0.6) is 5.75 Å². The molecule has 2 aromatic heterocycles. The fourth-order valence-electron chi connectivity index (χ4n) is 5.20. The number of amides is 1. The van der Waals surface area contributed by atoms with Crippen molar-refractivity contribution in [2.75, 3.05) is 26.4 Å². The molecule has 4 heterocycles. The summed E-state index contributed by atoms with van der Waals surface area (Å²) in [6, 6.07) is 9.13. The number of ether oxygens (including phenoxy) is 2. The third-order valence-electron chi connectivity index (χ3n) is 6.88. The lowest BCUT2D eigenvalue weighted by Gasteiger charge is -2.26. The molecule has 0 unspecified atom stereocenters. The first-order chi connectivity index (χ1) is 16.6. The number of benzene rings is 1. The van der Waals surface area contributed by atoms with Gasteiger partial charge in [-0.05, 0) is 61.4 Å². The fraction of sp³-hybridized carbons (Fsp3) is 0.423. The van der Waals surface area contributed by atoms with Crippen LogP contribution in [0.3, 0.4) is 0 Å². The average Bonchev–Trinajstić information content (AvgIpc) is 3.09. The van der Waals surface area contributed by atoms with Gasteiger partial charge in [0.15, 0.2) is 5.65 Å². The standard InChI is InChI=1S/C26H30N4O4/c1-2-23(32)27-18-13-17(9-12-34-15-18)25-24(16-7-10-33-11-8-16)20-14-21(29-30-26(20)28-25)19-5-3-4-6-22(19)31/h2-6,14,16-18,31H,1,7-13,15H2,(H,27,32)(H,28,30)/t17-,18-/m0/s1. The first-order valence-corrected chi connectivity index (χ1v) is 11.9. The Morgan fingerprint density at radius 2 is 1.88 bits per heavy atom. The minimum Gasteiger partial charge on any atom is -0.507 e. The second kappa shape index (κ2) is 9.95. The summed E-state index contributed by atoms with van der Waals surface area (Å²) in [6.45, 7) is 6.14. The molecule has 0 saturated carbocycles. The van der Waals surface area contributed by atoms with Crippen molar-refractivity contribution in [3.63, 3.8) is 0 Å². The number of aromatic nitrogens is 3. The van der Waals surface area contributed by atoms with Gasteiger partial charge in [-0.2, -0.15) is 0 Å². The Morgan fingerprint density at radius 3 is 2.68 bits per heavy atom. The van der Waals surface area contributed by atoms with Crippen LogP contribution in [0.25, 0.3) is 22.3 Å². The van der Waals surface area contributed by atoms with E-state index in [-0.39, 0.29) is 23.6 Å². The number of nitrogens with one attached hydrogen (secondary N) is 2. The summed E-state index contributed by atoms with van der Waals surface area (Å²) in [5, 5.41) is 23.3. The Morgan fingerprint density at radius 1 is 1.12 bits per heavy atom. The fourth-order valence-corrected chi connectivity index (χ4v) is 5.20. The Bertz CT molecular complexity index is 1180. The van der Waals surface area contributed by atoms with Crippen LogP contribution < -0.4 is 5.32 Å². The summed E-state index contributed by atoms with van der Waals surface area (Å²) >= 11 is 0. The molecule has 3 aromatic rings. The average molecular weight is 463 g/mol. The largest absolute Gasteiger partial charge is 0.507 e. The number of hydrogen-bond donors (Lipinski definition) is 3. The molecule has 8 heteroatoms. The zero-order chi connectivity index (χ0) is 23.5. The van der Waals surface area contributed by atoms with Crippen molar-refractivity contribution in [1.82, 2.24) is 20.5 Å². The maximum Gasteiger partial charge on any atom is 0.243 e. The first kappa shape index (κ1) is 22.6. The number of carbonyl (C=O) groups excluding carboxylic acids is 1. The number of fused-ring (bicyclic) bond motifs is 1. The maximum atomic E-state index is 11.9. The molecule has 178 valence electrons. The van der Waals surface area contributed by atoms with Crippen molar-refractivity contribution in [2.45, 2.75) is 43.6 Å². The third kappa shape index (κ3) is 4.56. The summed E-state index contributed by atoms with van der Waals surface area (Å²) in [5.41, 5.74) is 4.45. The number of aromatic hydroxyl groups is 1. The van der Waals surface area contributed by atoms with Gasteiger partial charge in [-0.15, -0.1) is 10.2 Å². The lowest BCUT2D eigenvalue weighted by molar-refractivity contribution is -0.117. The van der Waals surface area contributed by atoms with Gasteiger partial charge in [-0.1, -0.05) is 18.7 Å². The molecule has 5 rings (SSSR count). The highest BCUT2D eigenvalue weighted by Gasteiger charge is 2.31. The number of carbonyl (C=O) groups is 1. The number of hydrogen-bond acceptors (Lipinski definition) is 6. The van der Waals surface area contributed by atoms with Crippen LogP contribution in [-0.4, -0.2) is 58.7 Å². The number of para-hydroxylation sites is 1. The van der Waals surface area contributed by atoms with Crippen molar-refractivity contribution in [3.8, 4) is 17.0 Å². The van der Waals surface area contributed by atoms with E-state index in [2.05, 4.69) is 27.1 Å². The van der Waals surface area contributed by atoms with Gasteiger partial charge in [0.25, 0.3) is 0 Å². The van der Waals surface area contributed by atoms with Gasteiger partial charge in [0, 0.05) is 42.4 Å². The molecule has 8 nitrogen and oxygen atoms in total. The number of H-pyrrole nitrogens is 1.